The Kier molecular flexibility index (Phi) is 4.37. The zero-order valence-corrected chi connectivity index (χ0v) is 7.93. The topological polar surface area (TPSA) is 74.6 Å². The van der Waals surface area contributed by atoms with Crippen LogP contribution in [0.4, 0.5) is 0 Å². The third-order valence-corrected chi connectivity index (χ3v) is 3.57. The SMILES string of the molecule is C[CH]([Ti][CH](C)C(=O)O)C(=O)O. The zero-order chi connectivity index (χ0) is 9.02. The summed E-state index contributed by atoms with van der Waals surface area (Å²) in [7, 11) is 0. The molecule has 0 radical (unpaired) electrons. The number of rotatable bonds is 4. The molecule has 0 aromatic rings. The van der Waals surface area contributed by atoms with Gasteiger partial charge in [-0.3, -0.25) is 0 Å². The first-order valence-electron chi connectivity index (χ1n) is 3.16. The molecule has 0 amide bonds. The van der Waals surface area contributed by atoms with Gasteiger partial charge in [0, 0.05) is 0 Å². The van der Waals surface area contributed by atoms with E-state index >= 15 is 0 Å². The number of hydrogen-bond acceptors (Lipinski definition) is 2. The van der Waals surface area contributed by atoms with Crippen LogP contribution in [0.15, 0.2) is 0 Å². The van der Waals surface area contributed by atoms with Crippen LogP contribution < -0.4 is 0 Å². The van der Waals surface area contributed by atoms with Gasteiger partial charge < -0.3 is 0 Å². The van der Waals surface area contributed by atoms with Gasteiger partial charge in [-0.05, 0) is 0 Å². The van der Waals surface area contributed by atoms with Gasteiger partial charge in [0.05, 0.1) is 0 Å². The fourth-order valence-electron chi connectivity index (χ4n) is 0.518. The molecule has 2 N–H and O–H groups in total. The summed E-state index contributed by atoms with van der Waals surface area (Å²) >= 11 is -0.912. The van der Waals surface area contributed by atoms with Crippen LogP contribution in [0, 0.1) is 0 Å². The summed E-state index contributed by atoms with van der Waals surface area (Å²) in [6.07, 6.45) is 0. The van der Waals surface area contributed by atoms with Crippen LogP contribution in [0.25, 0.3) is 0 Å². The predicted octanol–water partition coefficient (Wildman–Crippen LogP) is 0.855. The van der Waals surface area contributed by atoms with Crippen LogP contribution in [0.5, 0.6) is 0 Å². The third kappa shape index (κ3) is 4.16. The first-order chi connectivity index (χ1) is 4.95. The second-order valence-electron chi connectivity index (χ2n) is 2.29. The van der Waals surface area contributed by atoms with Gasteiger partial charge >= 0.3 is 73.2 Å². The van der Waals surface area contributed by atoms with Gasteiger partial charge in [0.15, 0.2) is 0 Å². The minimum absolute atomic E-state index is 0.457. The van der Waals surface area contributed by atoms with E-state index in [1.165, 1.54) is 0 Å². The summed E-state index contributed by atoms with van der Waals surface area (Å²) in [4.78, 5) is 20.6. The maximum absolute atomic E-state index is 10.3. The Hall–Kier alpha value is -0.346. The monoisotopic (exact) mass is 194 g/mol. The molecule has 0 heterocycles. The Morgan fingerprint density at radius 2 is 1.36 bits per heavy atom. The van der Waals surface area contributed by atoms with Crippen molar-refractivity contribution >= 4 is 11.9 Å². The Labute approximate surface area is 73.5 Å². The molecule has 2 unspecified atom stereocenters. The summed E-state index contributed by atoms with van der Waals surface area (Å²) in [5.74, 6) is -1.78. The van der Waals surface area contributed by atoms with E-state index < -0.39 is 39.5 Å². The second-order valence-corrected chi connectivity index (χ2v) is 5.51. The van der Waals surface area contributed by atoms with Crippen molar-refractivity contribution in [1.82, 2.24) is 0 Å². The maximum atomic E-state index is 10.3. The van der Waals surface area contributed by atoms with Crippen molar-refractivity contribution in [3.8, 4) is 0 Å². The normalized spacial score (nSPS) is 15.1. The molecule has 5 heteroatoms. The van der Waals surface area contributed by atoms with Crippen molar-refractivity contribution in [3.05, 3.63) is 0 Å². The predicted molar refractivity (Wildman–Crippen MR) is 34.1 cm³/mol. The number of carboxylic acid groups (broad SMARTS) is 2. The number of aliphatic carboxylic acids is 2. The molecule has 0 spiro atoms. The van der Waals surface area contributed by atoms with E-state index in [-0.39, 0.29) is 0 Å². The van der Waals surface area contributed by atoms with E-state index in [1.54, 1.807) is 13.8 Å². The van der Waals surface area contributed by atoms with Gasteiger partial charge in [-0.1, -0.05) is 0 Å². The van der Waals surface area contributed by atoms with Crippen LogP contribution in [-0.4, -0.2) is 22.2 Å². The molecule has 2 atom stereocenters. The van der Waals surface area contributed by atoms with E-state index in [2.05, 4.69) is 0 Å². The number of hydrogen-bond donors (Lipinski definition) is 2. The molecule has 0 bridgehead atoms. The van der Waals surface area contributed by atoms with Gasteiger partial charge in [0.1, 0.15) is 0 Å². The summed E-state index contributed by atoms with van der Waals surface area (Å²) in [5.41, 5.74) is 0. The Balaban J connectivity index is 3.84. The summed E-state index contributed by atoms with van der Waals surface area (Å²) < 4.78 is -0.915. The molecule has 0 aliphatic rings. The molecule has 0 fully saturated rings. The van der Waals surface area contributed by atoms with Crippen LogP contribution in [0.1, 0.15) is 13.8 Å². The molecule has 11 heavy (non-hydrogen) atoms. The molecule has 0 saturated carbocycles. The van der Waals surface area contributed by atoms with Crippen molar-refractivity contribution in [1.29, 1.82) is 0 Å². The van der Waals surface area contributed by atoms with Crippen LogP contribution >= 0.6 is 0 Å². The molecule has 0 saturated heterocycles. The van der Waals surface area contributed by atoms with E-state index in [9.17, 15) is 9.59 Å². The summed E-state index contributed by atoms with van der Waals surface area (Å²) in [6.45, 7) is 3.11. The Bertz CT molecular complexity index is 150. The Morgan fingerprint density at radius 1 is 1.09 bits per heavy atom. The van der Waals surface area contributed by atoms with Crippen LogP contribution in [0.3, 0.4) is 0 Å². The summed E-state index contributed by atoms with van der Waals surface area (Å²) in [5, 5.41) is 16.9. The molecule has 0 aromatic carbocycles. The average Bonchev–Trinajstić information content (AvgIpc) is 1.87. The quantitative estimate of drug-likeness (QED) is 0.650. The van der Waals surface area contributed by atoms with Gasteiger partial charge in [-0.25, -0.2) is 0 Å². The Morgan fingerprint density at radius 3 is 1.55 bits per heavy atom. The van der Waals surface area contributed by atoms with Crippen molar-refractivity contribution in [3.63, 3.8) is 0 Å². The fraction of sp³-hybridized carbons (Fsp3) is 0.667. The van der Waals surface area contributed by atoms with Gasteiger partial charge in [-0.15, -0.1) is 0 Å². The molecule has 0 aliphatic carbocycles. The number of carbonyl (C=O) groups is 2. The molecular formula is C6H10O4Ti. The zero-order valence-electron chi connectivity index (χ0n) is 6.37. The molecule has 0 rings (SSSR count). The van der Waals surface area contributed by atoms with Crippen molar-refractivity contribution in [2.75, 3.05) is 0 Å². The van der Waals surface area contributed by atoms with Gasteiger partial charge in [-0.2, -0.15) is 0 Å². The van der Waals surface area contributed by atoms with Crippen LogP contribution in [-0.2, 0) is 28.7 Å². The standard InChI is InChI=1S/2C3H5O2.Ti/c2*1-2-3(4)5;/h2*2H,1H3,(H,4,5);. The van der Waals surface area contributed by atoms with Crippen LogP contribution in [0.2, 0.25) is 8.45 Å². The minimum atomic E-state index is -0.912. The first kappa shape index (κ1) is 10.7. The van der Waals surface area contributed by atoms with E-state index in [4.69, 9.17) is 10.2 Å². The molecule has 0 aromatic heterocycles. The molecule has 0 aliphatic heterocycles. The van der Waals surface area contributed by atoms with Crippen molar-refractivity contribution in [2.45, 2.75) is 22.3 Å². The first-order valence-corrected chi connectivity index (χ1v) is 4.97. The number of carboxylic acids is 2. The van der Waals surface area contributed by atoms with Gasteiger partial charge in [0.25, 0.3) is 0 Å². The van der Waals surface area contributed by atoms with Crippen molar-refractivity contribution in [2.24, 2.45) is 0 Å². The third-order valence-electron chi connectivity index (χ3n) is 1.24. The summed E-state index contributed by atoms with van der Waals surface area (Å²) in [6, 6.07) is 0. The van der Waals surface area contributed by atoms with Crippen molar-refractivity contribution < 1.29 is 39.0 Å². The molecule has 4 nitrogen and oxygen atoms in total. The van der Waals surface area contributed by atoms with E-state index in [1.807, 2.05) is 0 Å². The molecule has 62 valence electrons. The van der Waals surface area contributed by atoms with Gasteiger partial charge in [0.2, 0.25) is 0 Å². The molecular weight excluding hydrogens is 184 g/mol. The average molecular weight is 194 g/mol. The fourth-order valence-corrected chi connectivity index (χ4v) is 2.13. The van der Waals surface area contributed by atoms with E-state index in [0.29, 0.717) is 0 Å². The second kappa shape index (κ2) is 4.52. The van der Waals surface area contributed by atoms with E-state index in [0.717, 1.165) is 0 Å².